The van der Waals surface area contributed by atoms with Crippen molar-refractivity contribution in [2.24, 2.45) is 0 Å². The van der Waals surface area contributed by atoms with E-state index in [1.807, 2.05) is 6.07 Å². The van der Waals surface area contributed by atoms with Gasteiger partial charge in [-0.25, -0.2) is 9.18 Å². The molecule has 0 aliphatic rings. The Morgan fingerprint density at radius 3 is 2.58 bits per heavy atom. The lowest BCUT2D eigenvalue weighted by atomic mass is 10.2. The molecule has 2 aromatic carbocycles. The highest BCUT2D eigenvalue weighted by molar-refractivity contribution is 5.95. The third kappa shape index (κ3) is 3.10. The molecule has 19 heavy (non-hydrogen) atoms. The van der Waals surface area contributed by atoms with Crippen molar-refractivity contribution >= 4 is 11.7 Å². The predicted octanol–water partition coefficient (Wildman–Crippen LogP) is 3.22. The Morgan fingerprint density at radius 2 is 1.84 bits per heavy atom. The molecule has 0 fully saturated rings. The maximum Gasteiger partial charge on any atom is 0.340 e. The molecule has 0 atom stereocenters. The van der Waals surface area contributed by atoms with Crippen molar-refractivity contribution < 1.29 is 13.9 Å². The average molecular weight is 259 g/mol. The Labute approximate surface area is 111 Å². The molecule has 0 aromatic heterocycles. The molecule has 0 radical (unpaired) electrons. The SMILES string of the molecule is CNc1ccccc1C(=O)OCc1ccccc1F. The summed E-state index contributed by atoms with van der Waals surface area (Å²) in [5.41, 5.74) is 1.47. The fourth-order valence-electron chi connectivity index (χ4n) is 1.72. The van der Waals surface area contributed by atoms with Gasteiger partial charge in [-0.15, -0.1) is 0 Å². The van der Waals surface area contributed by atoms with E-state index in [4.69, 9.17) is 4.74 Å². The molecule has 0 aliphatic carbocycles. The summed E-state index contributed by atoms with van der Waals surface area (Å²) >= 11 is 0. The first-order valence-corrected chi connectivity index (χ1v) is 5.89. The Hall–Kier alpha value is -2.36. The molecule has 4 heteroatoms. The molecule has 0 saturated carbocycles. The van der Waals surface area contributed by atoms with Gasteiger partial charge in [-0.1, -0.05) is 30.3 Å². The highest BCUT2D eigenvalue weighted by atomic mass is 19.1. The number of nitrogens with one attached hydrogen (secondary N) is 1. The minimum absolute atomic E-state index is 0.0798. The van der Waals surface area contributed by atoms with Gasteiger partial charge in [0.1, 0.15) is 12.4 Å². The standard InChI is InChI=1S/C15H14FNO2/c1-17-14-9-5-3-7-12(14)15(18)19-10-11-6-2-4-8-13(11)16/h2-9,17H,10H2,1H3. The van der Waals surface area contributed by atoms with Crippen molar-refractivity contribution in [3.05, 3.63) is 65.5 Å². The van der Waals surface area contributed by atoms with Gasteiger partial charge in [0.25, 0.3) is 0 Å². The van der Waals surface area contributed by atoms with Crippen LogP contribution in [0.1, 0.15) is 15.9 Å². The zero-order valence-corrected chi connectivity index (χ0v) is 10.5. The molecular weight excluding hydrogens is 245 g/mol. The Balaban J connectivity index is 2.08. The van der Waals surface area contributed by atoms with E-state index in [1.165, 1.54) is 6.07 Å². The van der Waals surface area contributed by atoms with E-state index < -0.39 is 5.97 Å². The Kier molecular flexibility index (Phi) is 4.13. The van der Waals surface area contributed by atoms with Crippen LogP contribution >= 0.6 is 0 Å². The number of hydrogen-bond donors (Lipinski definition) is 1. The van der Waals surface area contributed by atoms with Gasteiger partial charge >= 0.3 is 5.97 Å². The highest BCUT2D eigenvalue weighted by Gasteiger charge is 2.12. The molecule has 2 rings (SSSR count). The number of anilines is 1. The van der Waals surface area contributed by atoms with E-state index in [0.717, 1.165) is 0 Å². The summed E-state index contributed by atoms with van der Waals surface area (Å²) in [6, 6.07) is 13.2. The van der Waals surface area contributed by atoms with Gasteiger partial charge in [0.05, 0.1) is 5.56 Å². The van der Waals surface area contributed by atoms with E-state index in [0.29, 0.717) is 16.8 Å². The maximum atomic E-state index is 13.4. The summed E-state index contributed by atoms with van der Waals surface area (Å²) in [7, 11) is 1.73. The first-order chi connectivity index (χ1) is 9.22. The number of carbonyl (C=O) groups excluding carboxylic acids is 1. The molecule has 0 saturated heterocycles. The molecule has 0 aliphatic heterocycles. The third-order valence-corrected chi connectivity index (χ3v) is 2.73. The summed E-state index contributed by atoms with van der Waals surface area (Å²) in [5, 5.41) is 2.91. The van der Waals surface area contributed by atoms with E-state index in [2.05, 4.69) is 5.32 Å². The third-order valence-electron chi connectivity index (χ3n) is 2.73. The zero-order chi connectivity index (χ0) is 13.7. The summed E-state index contributed by atoms with van der Waals surface area (Å²) < 4.78 is 18.5. The topological polar surface area (TPSA) is 38.3 Å². The van der Waals surface area contributed by atoms with Crippen LogP contribution in [0.2, 0.25) is 0 Å². The summed E-state index contributed by atoms with van der Waals surface area (Å²) in [5.74, 6) is -0.856. The Bertz CT molecular complexity index is 584. The van der Waals surface area contributed by atoms with Crippen molar-refractivity contribution in [1.82, 2.24) is 0 Å². The van der Waals surface area contributed by atoms with Gasteiger partial charge in [0.15, 0.2) is 0 Å². The average Bonchev–Trinajstić information content (AvgIpc) is 2.46. The molecular formula is C15H14FNO2. The Morgan fingerprint density at radius 1 is 1.16 bits per heavy atom. The monoisotopic (exact) mass is 259 g/mol. The first kappa shape index (κ1) is 13.1. The van der Waals surface area contributed by atoms with E-state index >= 15 is 0 Å². The number of carbonyl (C=O) groups is 1. The molecule has 0 unspecified atom stereocenters. The summed E-state index contributed by atoms with van der Waals surface area (Å²) in [4.78, 5) is 11.9. The largest absolute Gasteiger partial charge is 0.457 e. The van der Waals surface area contributed by atoms with Crippen LogP contribution < -0.4 is 5.32 Å². The predicted molar refractivity (Wildman–Crippen MR) is 71.5 cm³/mol. The molecule has 1 N–H and O–H groups in total. The smallest absolute Gasteiger partial charge is 0.340 e. The molecule has 2 aromatic rings. The number of ether oxygens (including phenoxy) is 1. The fourth-order valence-corrected chi connectivity index (χ4v) is 1.72. The second-order valence-corrected chi connectivity index (χ2v) is 3.96. The lowest BCUT2D eigenvalue weighted by Crippen LogP contribution is -2.08. The number of esters is 1. The molecule has 0 bridgehead atoms. The maximum absolute atomic E-state index is 13.4. The van der Waals surface area contributed by atoms with Crippen molar-refractivity contribution in [3.63, 3.8) is 0 Å². The van der Waals surface area contributed by atoms with E-state index in [1.54, 1.807) is 43.4 Å². The van der Waals surface area contributed by atoms with Crippen LogP contribution in [0.3, 0.4) is 0 Å². The number of rotatable bonds is 4. The lowest BCUT2D eigenvalue weighted by molar-refractivity contribution is 0.0470. The molecule has 98 valence electrons. The van der Waals surface area contributed by atoms with Crippen LogP contribution in [0.25, 0.3) is 0 Å². The molecule has 0 heterocycles. The van der Waals surface area contributed by atoms with Crippen LogP contribution in [0.5, 0.6) is 0 Å². The van der Waals surface area contributed by atoms with Gasteiger partial charge in [-0.3, -0.25) is 0 Å². The fraction of sp³-hybridized carbons (Fsp3) is 0.133. The van der Waals surface area contributed by atoms with E-state index in [-0.39, 0.29) is 12.4 Å². The second kappa shape index (κ2) is 6.00. The molecule has 0 amide bonds. The van der Waals surface area contributed by atoms with Gasteiger partial charge in [-0.05, 0) is 18.2 Å². The zero-order valence-electron chi connectivity index (χ0n) is 10.5. The van der Waals surface area contributed by atoms with Crippen LogP contribution in [-0.2, 0) is 11.3 Å². The normalized spacial score (nSPS) is 10.0. The number of para-hydroxylation sites is 1. The lowest BCUT2D eigenvalue weighted by Gasteiger charge is -2.09. The van der Waals surface area contributed by atoms with E-state index in [9.17, 15) is 9.18 Å². The van der Waals surface area contributed by atoms with Crippen LogP contribution in [0.15, 0.2) is 48.5 Å². The summed E-state index contributed by atoms with van der Waals surface area (Å²) in [6.07, 6.45) is 0. The molecule has 0 spiro atoms. The minimum atomic E-state index is -0.479. The second-order valence-electron chi connectivity index (χ2n) is 3.96. The van der Waals surface area contributed by atoms with Crippen molar-refractivity contribution in [2.45, 2.75) is 6.61 Å². The summed E-state index contributed by atoms with van der Waals surface area (Å²) in [6.45, 7) is -0.0798. The highest BCUT2D eigenvalue weighted by Crippen LogP contribution is 2.16. The van der Waals surface area contributed by atoms with Crippen molar-refractivity contribution in [1.29, 1.82) is 0 Å². The van der Waals surface area contributed by atoms with Crippen molar-refractivity contribution in [2.75, 3.05) is 12.4 Å². The number of halogens is 1. The quantitative estimate of drug-likeness (QED) is 0.857. The number of hydrogen-bond acceptors (Lipinski definition) is 3. The first-order valence-electron chi connectivity index (χ1n) is 5.89. The van der Waals surface area contributed by atoms with Crippen LogP contribution in [0.4, 0.5) is 10.1 Å². The minimum Gasteiger partial charge on any atom is -0.457 e. The molecule has 3 nitrogen and oxygen atoms in total. The van der Waals surface area contributed by atoms with Gasteiger partial charge < -0.3 is 10.1 Å². The van der Waals surface area contributed by atoms with Crippen LogP contribution in [-0.4, -0.2) is 13.0 Å². The van der Waals surface area contributed by atoms with Crippen molar-refractivity contribution in [3.8, 4) is 0 Å². The van der Waals surface area contributed by atoms with Gasteiger partial charge in [0.2, 0.25) is 0 Å². The van der Waals surface area contributed by atoms with Crippen LogP contribution in [0, 0.1) is 5.82 Å². The number of benzene rings is 2. The van der Waals surface area contributed by atoms with Gasteiger partial charge in [0, 0.05) is 18.3 Å². The van der Waals surface area contributed by atoms with Gasteiger partial charge in [-0.2, -0.15) is 0 Å².